The minimum absolute atomic E-state index is 0.342. The Hall–Kier alpha value is -2.82. The summed E-state index contributed by atoms with van der Waals surface area (Å²) >= 11 is 0. The van der Waals surface area contributed by atoms with E-state index in [1.807, 2.05) is 19.1 Å². The summed E-state index contributed by atoms with van der Waals surface area (Å²) in [5.41, 5.74) is 3.65. The lowest BCUT2D eigenvalue weighted by atomic mass is 9.94. The standard InChI is InChI=1S/C17H13NO4/c1-7-12-10-5-4-9(21-3)6-11(10)22-15(12)8(2)14-13(7)16(19)18-17(14)20/h4-6H,1-3H3,(H,18,19,20). The molecule has 1 aromatic heterocycles. The minimum atomic E-state index is -0.361. The van der Waals surface area contributed by atoms with Crippen molar-refractivity contribution in [2.75, 3.05) is 7.11 Å². The van der Waals surface area contributed by atoms with Crippen LogP contribution in [0.5, 0.6) is 5.75 Å². The topological polar surface area (TPSA) is 68.5 Å². The number of rotatable bonds is 1. The van der Waals surface area contributed by atoms with Gasteiger partial charge in [0.05, 0.1) is 18.2 Å². The second kappa shape index (κ2) is 4.10. The van der Waals surface area contributed by atoms with Gasteiger partial charge in [-0.25, -0.2) is 0 Å². The van der Waals surface area contributed by atoms with Crippen molar-refractivity contribution in [2.24, 2.45) is 0 Å². The predicted octanol–water partition coefficient (Wildman–Crippen LogP) is 3.10. The number of ether oxygens (including phenoxy) is 1. The van der Waals surface area contributed by atoms with Gasteiger partial charge in [-0.05, 0) is 31.5 Å². The molecule has 0 aliphatic carbocycles. The monoisotopic (exact) mass is 295 g/mol. The number of benzene rings is 2. The molecule has 0 saturated carbocycles. The first kappa shape index (κ1) is 12.9. The number of carbonyl (C=O) groups excluding carboxylic acids is 2. The van der Waals surface area contributed by atoms with Gasteiger partial charge in [0.15, 0.2) is 0 Å². The third kappa shape index (κ3) is 1.43. The van der Waals surface area contributed by atoms with E-state index in [9.17, 15) is 9.59 Å². The fraction of sp³-hybridized carbons (Fsp3) is 0.176. The van der Waals surface area contributed by atoms with Crippen molar-refractivity contribution in [3.63, 3.8) is 0 Å². The number of carbonyl (C=O) groups is 2. The summed E-state index contributed by atoms with van der Waals surface area (Å²) in [4.78, 5) is 24.1. The molecule has 0 fully saturated rings. The Morgan fingerprint density at radius 3 is 2.41 bits per heavy atom. The first-order chi connectivity index (χ1) is 10.5. The van der Waals surface area contributed by atoms with Gasteiger partial charge in [0.25, 0.3) is 11.8 Å². The van der Waals surface area contributed by atoms with Crippen LogP contribution >= 0.6 is 0 Å². The Labute approximate surface area is 125 Å². The maximum Gasteiger partial charge on any atom is 0.259 e. The van der Waals surface area contributed by atoms with Crippen LogP contribution in [-0.2, 0) is 0 Å². The summed E-state index contributed by atoms with van der Waals surface area (Å²) in [7, 11) is 1.60. The van der Waals surface area contributed by atoms with Crippen LogP contribution in [-0.4, -0.2) is 18.9 Å². The van der Waals surface area contributed by atoms with Gasteiger partial charge in [-0.1, -0.05) is 0 Å². The van der Waals surface area contributed by atoms with E-state index in [0.717, 1.165) is 16.3 Å². The van der Waals surface area contributed by atoms with Crippen molar-refractivity contribution in [1.29, 1.82) is 0 Å². The van der Waals surface area contributed by atoms with Gasteiger partial charge >= 0.3 is 0 Å². The van der Waals surface area contributed by atoms with Gasteiger partial charge in [0.2, 0.25) is 0 Å². The molecule has 0 atom stereocenters. The molecule has 3 aromatic rings. The first-order valence-electron chi connectivity index (χ1n) is 6.92. The second-order valence-electron chi connectivity index (χ2n) is 5.45. The SMILES string of the molecule is COc1ccc2c(c1)oc1c(C)c3c(c(C)c12)C(=O)NC3=O. The highest BCUT2D eigenvalue weighted by Crippen LogP contribution is 2.39. The number of imide groups is 1. The van der Waals surface area contributed by atoms with Gasteiger partial charge < -0.3 is 9.15 Å². The molecule has 2 aromatic carbocycles. The van der Waals surface area contributed by atoms with E-state index in [2.05, 4.69) is 5.32 Å². The zero-order valence-electron chi connectivity index (χ0n) is 12.4. The van der Waals surface area contributed by atoms with Crippen molar-refractivity contribution in [1.82, 2.24) is 5.32 Å². The van der Waals surface area contributed by atoms with E-state index in [1.54, 1.807) is 20.1 Å². The smallest absolute Gasteiger partial charge is 0.259 e. The largest absolute Gasteiger partial charge is 0.497 e. The highest BCUT2D eigenvalue weighted by atomic mass is 16.5. The number of amides is 2. The summed E-state index contributed by atoms with van der Waals surface area (Å²) < 4.78 is 11.2. The molecule has 0 spiro atoms. The third-order valence-corrected chi connectivity index (χ3v) is 4.29. The molecule has 0 saturated heterocycles. The average Bonchev–Trinajstić information content (AvgIpc) is 3.02. The highest BCUT2D eigenvalue weighted by Gasteiger charge is 2.33. The van der Waals surface area contributed by atoms with Gasteiger partial charge in [-0.15, -0.1) is 0 Å². The van der Waals surface area contributed by atoms with Crippen LogP contribution in [0.2, 0.25) is 0 Å². The van der Waals surface area contributed by atoms with Gasteiger partial charge in [-0.3, -0.25) is 14.9 Å². The van der Waals surface area contributed by atoms with Crippen LogP contribution < -0.4 is 10.1 Å². The van der Waals surface area contributed by atoms with Crippen LogP contribution in [0.1, 0.15) is 31.8 Å². The molecule has 0 bridgehead atoms. The maximum absolute atomic E-state index is 12.1. The van der Waals surface area contributed by atoms with E-state index < -0.39 is 0 Å². The summed E-state index contributed by atoms with van der Waals surface area (Å²) in [5, 5.41) is 4.14. The van der Waals surface area contributed by atoms with Gasteiger partial charge in [-0.2, -0.15) is 0 Å². The minimum Gasteiger partial charge on any atom is -0.497 e. The molecular formula is C17H13NO4. The first-order valence-corrected chi connectivity index (χ1v) is 6.92. The third-order valence-electron chi connectivity index (χ3n) is 4.29. The van der Waals surface area contributed by atoms with Crippen molar-refractivity contribution in [2.45, 2.75) is 13.8 Å². The molecule has 22 heavy (non-hydrogen) atoms. The zero-order valence-corrected chi connectivity index (χ0v) is 12.4. The van der Waals surface area contributed by atoms with Crippen LogP contribution in [0, 0.1) is 13.8 Å². The van der Waals surface area contributed by atoms with Crippen molar-refractivity contribution < 1.29 is 18.7 Å². The highest BCUT2D eigenvalue weighted by molar-refractivity contribution is 6.26. The fourth-order valence-corrected chi connectivity index (χ4v) is 3.25. The molecule has 5 nitrogen and oxygen atoms in total. The number of aryl methyl sites for hydroxylation is 2. The molecule has 1 N–H and O–H groups in total. The lowest BCUT2D eigenvalue weighted by Crippen LogP contribution is -2.20. The van der Waals surface area contributed by atoms with E-state index in [0.29, 0.717) is 33.6 Å². The fourth-order valence-electron chi connectivity index (χ4n) is 3.25. The Kier molecular flexibility index (Phi) is 2.40. The number of hydrogen-bond acceptors (Lipinski definition) is 4. The predicted molar refractivity (Wildman–Crippen MR) is 81.5 cm³/mol. The molecule has 4 rings (SSSR count). The summed E-state index contributed by atoms with van der Waals surface area (Å²) in [6, 6.07) is 5.57. The quantitative estimate of drug-likeness (QED) is 0.700. The Morgan fingerprint density at radius 2 is 1.73 bits per heavy atom. The molecule has 110 valence electrons. The summed E-state index contributed by atoms with van der Waals surface area (Å²) in [6.07, 6.45) is 0. The molecule has 1 aliphatic rings. The molecule has 5 heteroatoms. The number of nitrogens with one attached hydrogen (secondary N) is 1. The van der Waals surface area contributed by atoms with E-state index in [4.69, 9.17) is 9.15 Å². The lowest BCUT2D eigenvalue weighted by molar-refractivity contribution is 0.0879. The van der Waals surface area contributed by atoms with Crippen LogP contribution in [0.25, 0.3) is 21.9 Å². The normalized spacial score (nSPS) is 13.8. The van der Waals surface area contributed by atoms with Gasteiger partial charge in [0.1, 0.15) is 16.9 Å². The Bertz CT molecular complexity index is 997. The summed E-state index contributed by atoms with van der Waals surface area (Å²) in [5.74, 6) is -0.00544. The molecule has 2 amide bonds. The van der Waals surface area contributed by atoms with Crippen LogP contribution in [0.15, 0.2) is 22.6 Å². The maximum atomic E-state index is 12.1. The van der Waals surface area contributed by atoms with E-state index >= 15 is 0 Å². The average molecular weight is 295 g/mol. The molecule has 0 radical (unpaired) electrons. The van der Waals surface area contributed by atoms with Crippen molar-refractivity contribution in [3.05, 3.63) is 40.5 Å². The molecule has 1 aliphatic heterocycles. The van der Waals surface area contributed by atoms with Crippen molar-refractivity contribution >= 4 is 33.8 Å². The van der Waals surface area contributed by atoms with Crippen LogP contribution in [0.4, 0.5) is 0 Å². The molecular weight excluding hydrogens is 282 g/mol. The number of methoxy groups -OCH3 is 1. The second-order valence-corrected chi connectivity index (χ2v) is 5.45. The number of fused-ring (bicyclic) bond motifs is 4. The number of hydrogen-bond donors (Lipinski definition) is 1. The van der Waals surface area contributed by atoms with E-state index in [1.165, 1.54) is 0 Å². The number of furan rings is 1. The zero-order chi connectivity index (χ0) is 15.6. The summed E-state index contributed by atoms with van der Waals surface area (Å²) in [6.45, 7) is 3.65. The van der Waals surface area contributed by atoms with Crippen molar-refractivity contribution in [3.8, 4) is 5.75 Å². The van der Waals surface area contributed by atoms with E-state index in [-0.39, 0.29) is 11.8 Å². The van der Waals surface area contributed by atoms with Crippen LogP contribution in [0.3, 0.4) is 0 Å². The Morgan fingerprint density at radius 1 is 1.05 bits per heavy atom. The lowest BCUT2D eigenvalue weighted by Gasteiger charge is -2.06. The molecule has 2 heterocycles. The Balaban J connectivity index is 2.22. The van der Waals surface area contributed by atoms with Gasteiger partial charge in [0, 0.05) is 22.4 Å². The molecule has 0 unspecified atom stereocenters.